The van der Waals surface area contributed by atoms with E-state index >= 15 is 0 Å². The van der Waals surface area contributed by atoms with E-state index in [9.17, 15) is 9.59 Å². The van der Waals surface area contributed by atoms with Gasteiger partial charge >= 0.3 is 0 Å². The van der Waals surface area contributed by atoms with Crippen LogP contribution in [0.1, 0.15) is 24.9 Å². The summed E-state index contributed by atoms with van der Waals surface area (Å²) in [6.07, 6.45) is 0.163. The third kappa shape index (κ3) is 3.97. The molecule has 3 rings (SSSR count). The zero-order valence-electron chi connectivity index (χ0n) is 13.7. The van der Waals surface area contributed by atoms with Gasteiger partial charge in [0.15, 0.2) is 0 Å². The molecule has 0 aromatic heterocycles. The largest absolute Gasteiger partial charge is 0.349 e. The molecule has 2 atom stereocenters. The predicted molar refractivity (Wildman–Crippen MR) is 99.9 cm³/mol. The van der Waals surface area contributed by atoms with Gasteiger partial charge in [0.05, 0.1) is 22.7 Å². The average Bonchev–Trinajstić information content (AvgIpc) is 2.99. The zero-order chi connectivity index (χ0) is 18.0. The summed E-state index contributed by atoms with van der Waals surface area (Å²) >= 11 is 12.2. The van der Waals surface area contributed by atoms with Gasteiger partial charge in [-0.1, -0.05) is 53.5 Å². The van der Waals surface area contributed by atoms with Crippen LogP contribution in [0.5, 0.6) is 0 Å². The van der Waals surface area contributed by atoms with Gasteiger partial charge in [-0.3, -0.25) is 9.59 Å². The maximum atomic E-state index is 12.6. The van der Waals surface area contributed by atoms with Crippen LogP contribution >= 0.6 is 23.2 Å². The van der Waals surface area contributed by atoms with Crippen LogP contribution in [-0.2, 0) is 9.59 Å². The van der Waals surface area contributed by atoms with Crippen molar-refractivity contribution in [3.8, 4) is 0 Å². The van der Waals surface area contributed by atoms with Crippen molar-refractivity contribution in [3.63, 3.8) is 0 Å². The molecule has 130 valence electrons. The van der Waals surface area contributed by atoms with Crippen molar-refractivity contribution in [1.82, 2.24) is 5.32 Å². The maximum Gasteiger partial charge on any atom is 0.227 e. The molecular weight excluding hydrogens is 359 g/mol. The highest BCUT2D eigenvalue weighted by atomic mass is 35.5. The van der Waals surface area contributed by atoms with E-state index in [-0.39, 0.29) is 24.3 Å². The van der Waals surface area contributed by atoms with Gasteiger partial charge in [-0.05, 0) is 30.7 Å². The summed E-state index contributed by atoms with van der Waals surface area (Å²) in [6.45, 7) is 2.22. The van der Waals surface area contributed by atoms with Gasteiger partial charge in [-0.15, -0.1) is 0 Å². The summed E-state index contributed by atoms with van der Waals surface area (Å²) in [6, 6.07) is 14.6. The molecule has 1 fully saturated rings. The summed E-state index contributed by atoms with van der Waals surface area (Å²) in [4.78, 5) is 26.4. The second-order valence-electron chi connectivity index (χ2n) is 6.14. The number of carbonyl (C=O) groups excluding carboxylic acids is 2. The van der Waals surface area contributed by atoms with Crippen LogP contribution in [0, 0.1) is 5.92 Å². The molecule has 0 saturated carbocycles. The third-order valence-corrected chi connectivity index (χ3v) is 4.91. The topological polar surface area (TPSA) is 49.4 Å². The highest BCUT2D eigenvalue weighted by Gasteiger charge is 2.36. The van der Waals surface area contributed by atoms with Gasteiger partial charge in [0, 0.05) is 18.0 Å². The molecule has 0 spiro atoms. The molecule has 0 unspecified atom stereocenters. The van der Waals surface area contributed by atoms with Crippen LogP contribution in [0.15, 0.2) is 48.5 Å². The first kappa shape index (κ1) is 17.8. The first-order chi connectivity index (χ1) is 12.0. The lowest BCUT2D eigenvalue weighted by Crippen LogP contribution is -2.34. The van der Waals surface area contributed by atoms with Gasteiger partial charge in [0.2, 0.25) is 11.8 Å². The molecular formula is C19H18Cl2N2O2. The minimum atomic E-state index is -0.409. The number of nitrogens with one attached hydrogen (secondary N) is 1. The van der Waals surface area contributed by atoms with Crippen molar-refractivity contribution in [2.75, 3.05) is 11.4 Å². The highest BCUT2D eigenvalue weighted by Crippen LogP contribution is 2.33. The Hall–Kier alpha value is -2.04. The van der Waals surface area contributed by atoms with Crippen LogP contribution in [0.3, 0.4) is 0 Å². The van der Waals surface area contributed by atoms with Crippen LogP contribution in [-0.4, -0.2) is 18.4 Å². The van der Waals surface area contributed by atoms with Gasteiger partial charge in [-0.25, -0.2) is 0 Å². The fourth-order valence-corrected chi connectivity index (χ4v) is 3.35. The van der Waals surface area contributed by atoms with E-state index < -0.39 is 5.92 Å². The second kappa shape index (κ2) is 7.46. The Labute approximate surface area is 156 Å². The molecule has 2 aromatic carbocycles. The molecule has 6 heteroatoms. The summed E-state index contributed by atoms with van der Waals surface area (Å²) in [7, 11) is 0. The van der Waals surface area contributed by atoms with Crippen molar-refractivity contribution in [1.29, 1.82) is 0 Å². The lowest BCUT2D eigenvalue weighted by molar-refractivity contribution is -0.126. The third-order valence-electron chi connectivity index (χ3n) is 4.35. The average molecular weight is 377 g/mol. The fourth-order valence-electron chi connectivity index (χ4n) is 2.96. The Morgan fingerprint density at radius 1 is 1.20 bits per heavy atom. The van der Waals surface area contributed by atoms with Crippen LogP contribution in [0.4, 0.5) is 5.69 Å². The quantitative estimate of drug-likeness (QED) is 0.867. The Morgan fingerprint density at radius 3 is 2.64 bits per heavy atom. The molecule has 25 heavy (non-hydrogen) atoms. The second-order valence-corrected chi connectivity index (χ2v) is 6.99. The van der Waals surface area contributed by atoms with E-state index in [1.165, 1.54) is 4.90 Å². The summed E-state index contributed by atoms with van der Waals surface area (Å²) < 4.78 is 0. The van der Waals surface area contributed by atoms with E-state index in [2.05, 4.69) is 5.32 Å². The van der Waals surface area contributed by atoms with E-state index in [0.29, 0.717) is 22.3 Å². The molecule has 1 heterocycles. The van der Waals surface area contributed by atoms with Gasteiger partial charge in [0.1, 0.15) is 0 Å². The van der Waals surface area contributed by atoms with Gasteiger partial charge < -0.3 is 10.2 Å². The Balaban J connectivity index is 1.69. The smallest absolute Gasteiger partial charge is 0.227 e. The van der Waals surface area contributed by atoms with Gasteiger partial charge in [-0.2, -0.15) is 0 Å². The van der Waals surface area contributed by atoms with Crippen LogP contribution < -0.4 is 10.2 Å². The van der Waals surface area contributed by atoms with E-state index in [4.69, 9.17) is 23.2 Å². The lowest BCUT2D eigenvalue weighted by Gasteiger charge is -2.19. The fraction of sp³-hybridized carbons (Fsp3) is 0.263. The van der Waals surface area contributed by atoms with Crippen molar-refractivity contribution >= 4 is 40.7 Å². The Morgan fingerprint density at radius 2 is 1.92 bits per heavy atom. The maximum absolute atomic E-state index is 12.6. The molecule has 0 aliphatic carbocycles. The number of halogens is 2. The first-order valence-electron chi connectivity index (χ1n) is 8.06. The standard InChI is InChI=1S/C19H18Cl2N2O2/c1-12(13-5-3-2-4-6-13)22-19(25)14-9-18(24)23(11-14)17-10-15(20)7-8-16(17)21/h2-8,10,12,14H,9,11H2,1H3,(H,22,25)/t12-,14-/m0/s1. The van der Waals surface area contributed by atoms with Crippen LogP contribution in [0.25, 0.3) is 0 Å². The minimum absolute atomic E-state index is 0.118. The summed E-state index contributed by atoms with van der Waals surface area (Å²) in [5.41, 5.74) is 1.57. The summed E-state index contributed by atoms with van der Waals surface area (Å²) in [5, 5.41) is 3.92. The number of nitrogens with zero attached hydrogens (tertiary/aromatic N) is 1. The molecule has 1 aliphatic heterocycles. The minimum Gasteiger partial charge on any atom is -0.349 e. The highest BCUT2D eigenvalue weighted by molar-refractivity contribution is 6.35. The van der Waals surface area contributed by atoms with Crippen molar-refractivity contribution in [3.05, 3.63) is 64.1 Å². The molecule has 0 radical (unpaired) electrons. The molecule has 1 N–H and O–H groups in total. The lowest BCUT2D eigenvalue weighted by atomic mass is 10.1. The number of amides is 2. The number of anilines is 1. The van der Waals surface area contributed by atoms with E-state index in [1.54, 1.807) is 18.2 Å². The first-order valence-corrected chi connectivity index (χ1v) is 8.82. The molecule has 1 aliphatic rings. The SMILES string of the molecule is C[C@H](NC(=O)[C@H]1CC(=O)N(c2cc(Cl)ccc2Cl)C1)c1ccccc1. The molecule has 1 saturated heterocycles. The van der Waals surface area contributed by atoms with Crippen LogP contribution in [0.2, 0.25) is 10.0 Å². The molecule has 2 aromatic rings. The molecule has 4 nitrogen and oxygen atoms in total. The number of hydrogen-bond donors (Lipinski definition) is 1. The Bertz CT molecular complexity index is 795. The van der Waals surface area contributed by atoms with Crippen molar-refractivity contribution < 1.29 is 9.59 Å². The molecule has 2 amide bonds. The monoisotopic (exact) mass is 376 g/mol. The number of benzene rings is 2. The summed E-state index contributed by atoms with van der Waals surface area (Å²) in [5.74, 6) is -0.671. The number of carbonyl (C=O) groups is 2. The van der Waals surface area contributed by atoms with Gasteiger partial charge in [0.25, 0.3) is 0 Å². The van der Waals surface area contributed by atoms with E-state index in [1.807, 2.05) is 37.3 Å². The Kier molecular flexibility index (Phi) is 5.30. The number of hydrogen-bond acceptors (Lipinski definition) is 2. The number of rotatable bonds is 4. The predicted octanol–water partition coefficient (Wildman–Crippen LogP) is 4.22. The van der Waals surface area contributed by atoms with Crippen molar-refractivity contribution in [2.24, 2.45) is 5.92 Å². The zero-order valence-corrected chi connectivity index (χ0v) is 15.2. The van der Waals surface area contributed by atoms with E-state index in [0.717, 1.165) is 5.56 Å². The van der Waals surface area contributed by atoms with Crippen molar-refractivity contribution in [2.45, 2.75) is 19.4 Å². The molecule has 0 bridgehead atoms. The normalized spacial score (nSPS) is 18.3.